The molecule has 0 saturated carbocycles. The van der Waals surface area contributed by atoms with E-state index in [-0.39, 0.29) is 0 Å². The molecule has 2 aliphatic rings. The standard InChI is InChI=1S/C12H19N5/c13-10-3-6-17(8-10)12-7-11(15-16-12)9-1-4-14-5-2-9/h1-2,4-5,10-12,15-16H,3,6-8,13H2. The van der Waals surface area contributed by atoms with Crippen LogP contribution >= 0.6 is 0 Å². The molecule has 92 valence electrons. The van der Waals surface area contributed by atoms with Gasteiger partial charge in [-0.3, -0.25) is 9.88 Å². The van der Waals surface area contributed by atoms with Gasteiger partial charge in [-0.1, -0.05) is 0 Å². The van der Waals surface area contributed by atoms with Crippen LogP contribution in [0.1, 0.15) is 24.4 Å². The highest BCUT2D eigenvalue weighted by Crippen LogP contribution is 2.24. The van der Waals surface area contributed by atoms with Crippen LogP contribution in [0.25, 0.3) is 0 Å². The Kier molecular flexibility index (Phi) is 3.07. The van der Waals surface area contributed by atoms with Crippen molar-refractivity contribution < 1.29 is 0 Å². The van der Waals surface area contributed by atoms with Crippen molar-refractivity contribution in [2.45, 2.75) is 31.1 Å². The molecule has 3 heterocycles. The number of pyridine rings is 1. The average molecular weight is 233 g/mol. The van der Waals surface area contributed by atoms with E-state index in [0.717, 1.165) is 25.9 Å². The Balaban J connectivity index is 1.62. The summed E-state index contributed by atoms with van der Waals surface area (Å²) in [5, 5.41) is 0. The Morgan fingerprint density at radius 1 is 1.29 bits per heavy atom. The Morgan fingerprint density at radius 3 is 2.82 bits per heavy atom. The molecule has 5 nitrogen and oxygen atoms in total. The number of nitrogens with one attached hydrogen (secondary N) is 2. The maximum atomic E-state index is 5.94. The van der Waals surface area contributed by atoms with Crippen molar-refractivity contribution in [1.82, 2.24) is 20.7 Å². The van der Waals surface area contributed by atoms with Crippen LogP contribution in [0.3, 0.4) is 0 Å². The Labute approximate surface area is 101 Å². The molecule has 1 aromatic heterocycles. The normalized spacial score (nSPS) is 34.3. The van der Waals surface area contributed by atoms with E-state index in [1.807, 2.05) is 12.4 Å². The smallest absolute Gasteiger partial charge is 0.0748 e. The molecule has 3 rings (SSSR count). The van der Waals surface area contributed by atoms with Crippen LogP contribution in [-0.2, 0) is 0 Å². The summed E-state index contributed by atoms with van der Waals surface area (Å²) in [6.45, 7) is 2.10. The lowest BCUT2D eigenvalue weighted by Crippen LogP contribution is -2.44. The summed E-state index contributed by atoms with van der Waals surface area (Å²) in [7, 11) is 0. The van der Waals surface area contributed by atoms with Gasteiger partial charge in [-0.25, -0.2) is 10.9 Å². The van der Waals surface area contributed by atoms with Gasteiger partial charge in [0.25, 0.3) is 0 Å². The van der Waals surface area contributed by atoms with Crippen molar-refractivity contribution in [3.8, 4) is 0 Å². The lowest BCUT2D eigenvalue weighted by atomic mass is 10.1. The van der Waals surface area contributed by atoms with Gasteiger partial charge in [0.05, 0.1) is 6.17 Å². The van der Waals surface area contributed by atoms with Gasteiger partial charge in [-0.05, 0) is 30.5 Å². The van der Waals surface area contributed by atoms with E-state index in [2.05, 4.69) is 32.9 Å². The minimum atomic E-state index is 0.344. The van der Waals surface area contributed by atoms with E-state index >= 15 is 0 Å². The third-order valence-electron chi connectivity index (χ3n) is 3.69. The van der Waals surface area contributed by atoms with E-state index in [1.165, 1.54) is 5.56 Å². The van der Waals surface area contributed by atoms with E-state index in [9.17, 15) is 0 Å². The lowest BCUT2D eigenvalue weighted by molar-refractivity contribution is 0.215. The summed E-state index contributed by atoms with van der Waals surface area (Å²) < 4.78 is 0. The van der Waals surface area contributed by atoms with E-state index in [4.69, 9.17) is 5.73 Å². The maximum Gasteiger partial charge on any atom is 0.0748 e. The Morgan fingerprint density at radius 2 is 2.12 bits per heavy atom. The highest BCUT2D eigenvalue weighted by atomic mass is 15.5. The largest absolute Gasteiger partial charge is 0.326 e. The summed E-state index contributed by atoms with van der Waals surface area (Å²) in [5.74, 6) is 0. The molecule has 2 aliphatic heterocycles. The van der Waals surface area contributed by atoms with Gasteiger partial charge in [0.1, 0.15) is 0 Å². The van der Waals surface area contributed by atoms with E-state index in [1.54, 1.807) is 0 Å². The van der Waals surface area contributed by atoms with Crippen molar-refractivity contribution in [3.63, 3.8) is 0 Å². The fourth-order valence-corrected chi connectivity index (χ4v) is 2.69. The zero-order chi connectivity index (χ0) is 11.7. The number of nitrogens with two attached hydrogens (primary N) is 1. The van der Waals surface area contributed by atoms with Crippen molar-refractivity contribution >= 4 is 0 Å². The number of hydrogen-bond donors (Lipinski definition) is 3. The second kappa shape index (κ2) is 4.70. The van der Waals surface area contributed by atoms with Gasteiger partial charge in [-0.2, -0.15) is 0 Å². The molecule has 5 heteroatoms. The van der Waals surface area contributed by atoms with Crippen LogP contribution in [0, 0.1) is 0 Å². The second-order valence-electron chi connectivity index (χ2n) is 4.92. The maximum absolute atomic E-state index is 5.94. The number of likely N-dealkylation sites (tertiary alicyclic amines) is 1. The SMILES string of the molecule is NC1CCN(C2CC(c3ccncc3)NN2)C1. The first kappa shape index (κ1) is 11.1. The van der Waals surface area contributed by atoms with Gasteiger partial charge >= 0.3 is 0 Å². The summed E-state index contributed by atoms with van der Waals surface area (Å²) in [6, 6.07) is 4.85. The molecule has 1 aromatic rings. The van der Waals surface area contributed by atoms with Crippen molar-refractivity contribution in [2.75, 3.05) is 13.1 Å². The van der Waals surface area contributed by atoms with Gasteiger partial charge in [-0.15, -0.1) is 0 Å². The summed E-state index contributed by atoms with van der Waals surface area (Å²) in [6.07, 6.45) is 6.28. The van der Waals surface area contributed by atoms with E-state index in [0.29, 0.717) is 18.2 Å². The topological polar surface area (TPSA) is 66.2 Å². The molecule has 0 spiro atoms. The Bertz CT molecular complexity index is 368. The summed E-state index contributed by atoms with van der Waals surface area (Å²) in [4.78, 5) is 6.48. The van der Waals surface area contributed by atoms with Crippen LogP contribution in [-0.4, -0.2) is 35.2 Å². The van der Waals surface area contributed by atoms with Gasteiger partial charge in [0.15, 0.2) is 0 Å². The van der Waals surface area contributed by atoms with Crippen LogP contribution in [0.5, 0.6) is 0 Å². The van der Waals surface area contributed by atoms with Crippen molar-refractivity contribution in [2.24, 2.45) is 5.73 Å². The number of hydrogen-bond acceptors (Lipinski definition) is 5. The van der Waals surface area contributed by atoms with Gasteiger partial charge in [0, 0.05) is 37.6 Å². The van der Waals surface area contributed by atoms with Crippen molar-refractivity contribution in [1.29, 1.82) is 0 Å². The third-order valence-corrected chi connectivity index (χ3v) is 3.69. The monoisotopic (exact) mass is 233 g/mol. The predicted octanol–water partition coefficient (Wildman–Crippen LogP) is -0.0203. The highest BCUT2D eigenvalue weighted by molar-refractivity contribution is 5.16. The molecule has 3 atom stereocenters. The van der Waals surface area contributed by atoms with Crippen LogP contribution in [0.15, 0.2) is 24.5 Å². The van der Waals surface area contributed by atoms with Crippen LogP contribution in [0.4, 0.5) is 0 Å². The quantitative estimate of drug-likeness (QED) is 0.670. The number of aromatic nitrogens is 1. The first-order valence-corrected chi connectivity index (χ1v) is 6.23. The number of nitrogens with zero attached hydrogens (tertiary/aromatic N) is 2. The van der Waals surface area contributed by atoms with Gasteiger partial charge in [0.2, 0.25) is 0 Å². The molecule has 0 bridgehead atoms. The molecular formula is C12H19N5. The molecule has 4 N–H and O–H groups in total. The van der Waals surface area contributed by atoms with Crippen molar-refractivity contribution in [3.05, 3.63) is 30.1 Å². The molecule has 0 aromatic carbocycles. The third kappa shape index (κ3) is 2.32. The zero-order valence-electron chi connectivity index (χ0n) is 9.84. The molecule has 3 unspecified atom stereocenters. The van der Waals surface area contributed by atoms with Crippen LogP contribution in [0.2, 0.25) is 0 Å². The minimum Gasteiger partial charge on any atom is -0.326 e. The summed E-state index contributed by atoms with van der Waals surface area (Å²) >= 11 is 0. The predicted molar refractivity (Wildman–Crippen MR) is 65.8 cm³/mol. The number of rotatable bonds is 2. The van der Waals surface area contributed by atoms with Gasteiger partial charge < -0.3 is 5.73 Å². The fraction of sp³-hybridized carbons (Fsp3) is 0.583. The first-order valence-electron chi connectivity index (χ1n) is 6.23. The molecule has 2 fully saturated rings. The average Bonchev–Trinajstić information content (AvgIpc) is 2.98. The first-order chi connectivity index (χ1) is 8.33. The molecule has 0 aliphatic carbocycles. The molecule has 2 saturated heterocycles. The zero-order valence-corrected chi connectivity index (χ0v) is 9.84. The molecule has 0 radical (unpaired) electrons. The molecular weight excluding hydrogens is 214 g/mol. The summed E-state index contributed by atoms with van der Waals surface area (Å²) in [5.41, 5.74) is 14.0. The lowest BCUT2D eigenvalue weighted by Gasteiger charge is -2.22. The minimum absolute atomic E-state index is 0.344. The molecule has 0 amide bonds. The second-order valence-corrected chi connectivity index (χ2v) is 4.92. The highest BCUT2D eigenvalue weighted by Gasteiger charge is 2.32. The molecule has 17 heavy (non-hydrogen) atoms. The van der Waals surface area contributed by atoms with Crippen LogP contribution < -0.4 is 16.6 Å². The number of hydrazine groups is 1. The van der Waals surface area contributed by atoms with E-state index < -0.39 is 0 Å². The Hall–Kier alpha value is -1.01. The fourth-order valence-electron chi connectivity index (χ4n) is 2.69.